The molecule has 0 saturated carbocycles. The van der Waals surface area contributed by atoms with E-state index in [2.05, 4.69) is 21.5 Å². The van der Waals surface area contributed by atoms with Crippen LogP contribution in [0, 0.1) is 0 Å². The zero-order valence-corrected chi connectivity index (χ0v) is 10.7. The molecule has 0 bridgehead atoms. The van der Waals surface area contributed by atoms with Crippen molar-refractivity contribution in [3.05, 3.63) is 18.7 Å². The minimum atomic E-state index is 0.0724. The predicted molar refractivity (Wildman–Crippen MR) is 65.9 cm³/mol. The van der Waals surface area contributed by atoms with Gasteiger partial charge in [-0.05, 0) is 20.0 Å². The normalized spacial score (nSPS) is 13.2. The maximum absolute atomic E-state index is 6.07. The highest BCUT2D eigenvalue weighted by Gasteiger charge is 2.07. The minimum absolute atomic E-state index is 0.0724. The smallest absolute Gasteiger partial charge is 0.0945 e. The number of ether oxygens (including phenoxy) is 1. The van der Waals surface area contributed by atoms with E-state index in [-0.39, 0.29) is 5.38 Å². The van der Waals surface area contributed by atoms with Crippen molar-refractivity contribution < 1.29 is 4.74 Å². The molecule has 1 heterocycles. The molecule has 0 N–H and O–H groups in total. The van der Waals surface area contributed by atoms with E-state index in [1.807, 2.05) is 12.5 Å². The summed E-state index contributed by atoms with van der Waals surface area (Å²) in [6, 6.07) is 0. The second-order valence-electron chi connectivity index (χ2n) is 3.97. The van der Waals surface area contributed by atoms with Gasteiger partial charge < -0.3 is 14.2 Å². The van der Waals surface area contributed by atoms with Crippen molar-refractivity contribution in [3.8, 4) is 0 Å². The van der Waals surface area contributed by atoms with Gasteiger partial charge in [0.05, 0.1) is 18.3 Å². The van der Waals surface area contributed by atoms with Crippen LogP contribution in [0.15, 0.2) is 18.7 Å². The third kappa shape index (κ3) is 5.49. The van der Waals surface area contributed by atoms with Crippen LogP contribution in [0.5, 0.6) is 0 Å². The molecule has 0 fully saturated rings. The average molecular weight is 246 g/mol. The van der Waals surface area contributed by atoms with Crippen LogP contribution in [0.4, 0.5) is 0 Å². The molecular weight excluding hydrogens is 226 g/mol. The largest absolute Gasteiger partial charge is 0.383 e. The first-order chi connectivity index (χ1) is 7.72. The predicted octanol–water partition coefficient (Wildman–Crippen LogP) is 1.46. The summed E-state index contributed by atoms with van der Waals surface area (Å²) in [5.74, 6) is 0. The van der Waals surface area contributed by atoms with Crippen LogP contribution in [0.1, 0.15) is 6.42 Å². The number of aromatic nitrogens is 2. The van der Waals surface area contributed by atoms with Crippen molar-refractivity contribution in [3.63, 3.8) is 0 Å². The Morgan fingerprint density at radius 2 is 2.38 bits per heavy atom. The summed E-state index contributed by atoms with van der Waals surface area (Å²) in [7, 11) is 3.76. The molecule has 1 rings (SSSR count). The van der Waals surface area contributed by atoms with Crippen LogP contribution in [-0.4, -0.2) is 53.7 Å². The first-order valence-electron chi connectivity index (χ1n) is 5.49. The third-order valence-corrected chi connectivity index (χ3v) is 2.64. The van der Waals surface area contributed by atoms with Crippen molar-refractivity contribution in [1.82, 2.24) is 14.5 Å². The lowest BCUT2D eigenvalue weighted by Gasteiger charge is -2.19. The van der Waals surface area contributed by atoms with E-state index in [0.29, 0.717) is 6.61 Å². The molecule has 0 saturated heterocycles. The van der Waals surface area contributed by atoms with Gasteiger partial charge >= 0.3 is 0 Å². The molecule has 16 heavy (non-hydrogen) atoms. The van der Waals surface area contributed by atoms with Crippen LogP contribution in [0.2, 0.25) is 0 Å². The van der Waals surface area contributed by atoms with E-state index < -0.39 is 0 Å². The summed E-state index contributed by atoms with van der Waals surface area (Å²) in [5.41, 5.74) is 0. The van der Waals surface area contributed by atoms with Gasteiger partial charge in [0.2, 0.25) is 0 Å². The van der Waals surface area contributed by atoms with Crippen molar-refractivity contribution in [2.24, 2.45) is 0 Å². The van der Waals surface area contributed by atoms with Gasteiger partial charge in [-0.25, -0.2) is 4.98 Å². The SMILES string of the molecule is COCC(Cl)CN(C)CCCn1ccnc1. The van der Waals surface area contributed by atoms with Crippen LogP contribution in [0.25, 0.3) is 0 Å². The quantitative estimate of drug-likeness (QED) is 0.650. The summed E-state index contributed by atoms with van der Waals surface area (Å²) in [5, 5.41) is 0.0724. The molecule has 1 aromatic heterocycles. The van der Waals surface area contributed by atoms with Crippen LogP contribution in [0.3, 0.4) is 0 Å². The average Bonchev–Trinajstić information content (AvgIpc) is 2.70. The Kier molecular flexibility index (Phi) is 6.45. The van der Waals surface area contributed by atoms with Gasteiger partial charge in [0.25, 0.3) is 0 Å². The monoisotopic (exact) mass is 245 g/mol. The summed E-state index contributed by atoms with van der Waals surface area (Å²) in [4.78, 5) is 6.23. The zero-order valence-electron chi connectivity index (χ0n) is 9.97. The van der Waals surface area contributed by atoms with Gasteiger partial charge in [-0.15, -0.1) is 11.6 Å². The molecule has 5 heteroatoms. The second-order valence-corrected chi connectivity index (χ2v) is 4.59. The number of halogens is 1. The summed E-state index contributed by atoms with van der Waals surface area (Å²) in [6.45, 7) is 3.50. The molecule has 0 amide bonds. The molecule has 0 aromatic carbocycles. The molecule has 0 radical (unpaired) electrons. The number of hydrogen-bond donors (Lipinski definition) is 0. The second kappa shape index (κ2) is 7.65. The van der Waals surface area contributed by atoms with Gasteiger partial charge in [0, 0.05) is 32.6 Å². The molecular formula is C11H20ClN3O. The molecule has 1 atom stereocenters. The van der Waals surface area contributed by atoms with Gasteiger partial charge in [-0.2, -0.15) is 0 Å². The van der Waals surface area contributed by atoms with Gasteiger partial charge in [0.1, 0.15) is 0 Å². The standard InChI is InChI=1S/C11H20ClN3O/c1-14(8-11(12)9-16-2)5-3-6-15-7-4-13-10-15/h4,7,10-11H,3,5-6,8-9H2,1-2H3. The van der Waals surface area contributed by atoms with Crippen LogP contribution < -0.4 is 0 Å². The van der Waals surface area contributed by atoms with Crippen molar-refractivity contribution in [2.75, 3.05) is 33.9 Å². The number of alkyl halides is 1. The summed E-state index contributed by atoms with van der Waals surface area (Å²) >= 11 is 6.07. The zero-order chi connectivity index (χ0) is 11.8. The lowest BCUT2D eigenvalue weighted by atomic mass is 10.3. The molecule has 0 aliphatic rings. The molecule has 4 nitrogen and oxygen atoms in total. The van der Waals surface area contributed by atoms with Crippen molar-refractivity contribution >= 4 is 11.6 Å². The van der Waals surface area contributed by atoms with E-state index in [1.165, 1.54) is 0 Å². The summed E-state index contributed by atoms with van der Waals surface area (Å²) in [6.07, 6.45) is 6.73. The van der Waals surface area contributed by atoms with Gasteiger partial charge in [0.15, 0.2) is 0 Å². The maximum atomic E-state index is 6.07. The lowest BCUT2D eigenvalue weighted by molar-refractivity contribution is 0.182. The highest BCUT2D eigenvalue weighted by Crippen LogP contribution is 2.00. The first-order valence-corrected chi connectivity index (χ1v) is 5.93. The maximum Gasteiger partial charge on any atom is 0.0945 e. The van der Waals surface area contributed by atoms with E-state index in [0.717, 1.165) is 26.1 Å². The Bertz CT molecular complexity index is 266. The molecule has 0 spiro atoms. The topological polar surface area (TPSA) is 30.3 Å². The lowest BCUT2D eigenvalue weighted by Crippen LogP contribution is -2.29. The molecule has 1 unspecified atom stereocenters. The highest BCUT2D eigenvalue weighted by atomic mass is 35.5. The van der Waals surface area contributed by atoms with Gasteiger partial charge in [-0.1, -0.05) is 0 Å². The third-order valence-electron chi connectivity index (χ3n) is 2.37. The minimum Gasteiger partial charge on any atom is -0.383 e. The highest BCUT2D eigenvalue weighted by molar-refractivity contribution is 6.20. The Morgan fingerprint density at radius 1 is 1.56 bits per heavy atom. The van der Waals surface area contributed by atoms with E-state index in [1.54, 1.807) is 13.3 Å². The summed E-state index contributed by atoms with van der Waals surface area (Å²) < 4.78 is 7.08. The fraction of sp³-hybridized carbons (Fsp3) is 0.727. The number of aryl methyl sites for hydroxylation is 1. The molecule has 0 aliphatic heterocycles. The van der Waals surface area contributed by atoms with Crippen molar-refractivity contribution in [1.29, 1.82) is 0 Å². The molecule has 0 aliphatic carbocycles. The molecule has 1 aromatic rings. The Labute approximate surface area is 102 Å². The Morgan fingerprint density at radius 3 is 3.00 bits per heavy atom. The number of nitrogens with zero attached hydrogens (tertiary/aromatic N) is 3. The number of hydrogen-bond acceptors (Lipinski definition) is 3. The van der Waals surface area contributed by atoms with E-state index >= 15 is 0 Å². The number of methoxy groups -OCH3 is 1. The van der Waals surface area contributed by atoms with Crippen molar-refractivity contribution in [2.45, 2.75) is 18.3 Å². The number of imidazole rings is 1. The molecule has 92 valence electrons. The van der Waals surface area contributed by atoms with Crippen LogP contribution in [-0.2, 0) is 11.3 Å². The first kappa shape index (κ1) is 13.5. The van der Waals surface area contributed by atoms with Crippen LogP contribution >= 0.6 is 11.6 Å². The fourth-order valence-electron chi connectivity index (χ4n) is 1.61. The number of rotatable bonds is 8. The Hall–Kier alpha value is -0.580. The fourth-order valence-corrected chi connectivity index (χ4v) is 1.97. The Balaban J connectivity index is 2.08. The van der Waals surface area contributed by atoms with E-state index in [9.17, 15) is 0 Å². The van der Waals surface area contributed by atoms with Gasteiger partial charge in [-0.3, -0.25) is 0 Å². The van der Waals surface area contributed by atoms with E-state index in [4.69, 9.17) is 16.3 Å².